The molecule has 0 spiro atoms. The zero-order chi connectivity index (χ0) is 17.5. The number of methoxy groups -OCH3 is 1. The first kappa shape index (κ1) is 17.8. The summed E-state index contributed by atoms with van der Waals surface area (Å²) in [5.74, 6) is 0.310. The van der Waals surface area contributed by atoms with E-state index in [4.69, 9.17) is 21.1 Å². The van der Waals surface area contributed by atoms with Gasteiger partial charge in [-0.1, -0.05) is 23.7 Å². The number of nitrogens with one attached hydrogen (secondary N) is 1. The fraction of sp³-hybridized carbons (Fsp3) is 0.188. The first-order chi connectivity index (χ1) is 11.5. The van der Waals surface area contributed by atoms with E-state index in [1.165, 1.54) is 25.3 Å². The van der Waals surface area contributed by atoms with E-state index in [1.807, 2.05) is 0 Å². The summed E-state index contributed by atoms with van der Waals surface area (Å²) in [7, 11) is 1.49. The second-order valence-electron chi connectivity index (χ2n) is 4.51. The van der Waals surface area contributed by atoms with Gasteiger partial charge in [0.1, 0.15) is 5.75 Å². The molecule has 0 heterocycles. The standard InChI is InChI=1S/C16H14ClF2NO4/c1-22-13-4-2-3-5-14(13)23-9-15(21)20-10-6-7-12(11(17)8-10)24-16(18)19/h2-8,16H,9H2,1H3,(H,20,21). The van der Waals surface area contributed by atoms with Crippen molar-refractivity contribution >= 4 is 23.2 Å². The minimum atomic E-state index is -2.97. The average Bonchev–Trinajstić information content (AvgIpc) is 2.55. The molecule has 1 amide bonds. The molecule has 0 saturated carbocycles. The highest BCUT2D eigenvalue weighted by Gasteiger charge is 2.11. The van der Waals surface area contributed by atoms with Crippen LogP contribution in [0.5, 0.6) is 17.2 Å². The van der Waals surface area contributed by atoms with Crippen LogP contribution in [0.25, 0.3) is 0 Å². The minimum absolute atomic E-state index is 0.0428. The summed E-state index contributed by atoms with van der Waals surface area (Å²) in [5.41, 5.74) is 0.329. The molecule has 0 radical (unpaired) electrons. The molecule has 24 heavy (non-hydrogen) atoms. The molecule has 2 rings (SSSR count). The number of anilines is 1. The summed E-state index contributed by atoms with van der Waals surface area (Å²) < 4.78 is 39.0. The summed E-state index contributed by atoms with van der Waals surface area (Å²) in [6.45, 7) is -3.23. The zero-order valence-electron chi connectivity index (χ0n) is 12.6. The molecular formula is C16H14ClF2NO4. The maximum atomic E-state index is 12.2. The van der Waals surface area contributed by atoms with Gasteiger partial charge in [0.05, 0.1) is 12.1 Å². The topological polar surface area (TPSA) is 56.8 Å². The van der Waals surface area contributed by atoms with Crippen LogP contribution >= 0.6 is 11.6 Å². The molecule has 2 aromatic rings. The molecule has 0 aliphatic rings. The number of carbonyl (C=O) groups excluding carboxylic acids is 1. The monoisotopic (exact) mass is 357 g/mol. The van der Waals surface area contributed by atoms with Gasteiger partial charge in [-0.05, 0) is 30.3 Å². The van der Waals surface area contributed by atoms with Crippen molar-refractivity contribution in [2.45, 2.75) is 6.61 Å². The van der Waals surface area contributed by atoms with Crippen LogP contribution < -0.4 is 19.5 Å². The van der Waals surface area contributed by atoms with E-state index in [2.05, 4.69) is 10.1 Å². The zero-order valence-corrected chi connectivity index (χ0v) is 13.3. The smallest absolute Gasteiger partial charge is 0.387 e. The van der Waals surface area contributed by atoms with Gasteiger partial charge in [-0.3, -0.25) is 4.79 Å². The number of halogens is 3. The predicted octanol–water partition coefficient (Wildman–Crippen LogP) is 3.97. The molecule has 0 aliphatic carbocycles. The highest BCUT2D eigenvalue weighted by atomic mass is 35.5. The van der Waals surface area contributed by atoms with Gasteiger partial charge in [0, 0.05) is 5.69 Å². The Bertz CT molecular complexity index is 712. The number of hydrogen-bond donors (Lipinski definition) is 1. The van der Waals surface area contributed by atoms with Crippen LogP contribution in [0.2, 0.25) is 5.02 Å². The molecule has 0 atom stereocenters. The molecule has 0 bridgehead atoms. The SMILES string of the molecule is COc1ccccc1OCC(=O)Nc1ccc(OC(F)F)c(Cl)c1. The van der Waals surface area contributed by atoms with Crippen molar-refractivity contribution in [3.05, 3.63) is 47.5 Å². The fourth-order valence-corrected chi connectivity index (χ4v) is 2.07. The first-order valence-electron chi connectivity index (χ1n) is 6.79. The number of para-hydroxylation sites is 2. The molecule has 1 N–H and O–H groups in total. The van der Waals surface area contributed by atoms with Crippen molar-refractivity contribution in [1.82, 2.24) is 0 Å². The Hall–Kier alpha value is -2.54. The largest absolute Gasteiger partial charge is 0.493 e. The van der Waals surface area contributed by atoms with Crippen molar-refractivity contribution in [1.29, 1.82) is 0 Å². The molecule has 0 unspecified atom stereocenters. The summed E-state index contributed by atoms with van der Waals surface area (Å²) >= 11 is 5.81. The van der Waals surface area contributed by atoms with E-state index in [0.29, 0.717) is 17.2 Å². The van der Waals surface area contributed by atoms with Crippen LogP contribution in [0.4, 0.5) is 14.5 Å². The van der Waals surface area contributed by atoms with Crippen LogP contribution in [-0.2, 0) is 4.79 Å². The lowest BCUT2D eigenvalue weighted by Crippen LogP contribution is -2.20. The number of carbonyl (C=O) groups is 1. The Balaban J connectivity index is 1.94. The number of hydrogen-bond acceptors (Lipinski definition) is 4. The van der Waals surface area contributed by atoms with Gasteiger partial charge < -0.3 is 19.5 Å². The number of alkyl halides is 2. The van der Waals surface area contributed by atoms with Crippen molar-refractivity contribution in [2.24, 2.45) is 0 Å². The molecule has 5 nitrogen and oxygen atoms in total. The van der Waals surface area contributed by atoms with Crippen molar-refractivity contribution in [3.8, 4) is 17.2 Å². The molecule has 8 heteroatoms. The van der Waals surface area contributed by atoms with Crippen molar-refractivity contribution < 1.29 is 27.8 Å². The fourth-order valence-electron chi connectivity index (χ4n) is 1.85. The highest BCUT2D eigenvalue weighted by Crippen LogP contribution is 2.29. The van der Waals surface area contributed by atoms with E-state index < -0.39 is 12.5 Å². The third-order valence-electron chi connectivity index (χ3n) is 2.86. The normalized spacial score (nSPS) is 10.4. The van der Waals surface area contributed by atoms with Crippen LogP contribution in [-0.4, -0.2) is 26.2 Å². The van der Waals surface area contributed by atoms with Crippen molar-refractivity contribution in [3.63, 3.8) is 0 Å². The lowest BCUT2D eigenvalue weighted by atomic mass is 10.3. The van der Waals surface area contributed by atoms with Gasteiger partial charge >= 0.3 is 6.61 Å². The summed E-state index contributed by atoms with van der Waals surface area (Å²) in [6.07, 6.45) is 0. The molecular weight excluding hydrogens is 344 g/mol. The second kappa shape index (κ2) is 8.35. The third-order valence-corrected chi connectivity index (χ3v) is 3.15. The van der Waals surface area contributed by atoms with Gasteiger partial charge in [0.25, 0.3) is 5.91 Å². The Morgan fingerprint density at radius 2 is 1.88 bits per heavy atom. The van der Waals surface area contributed by atoms with Crippen molar-refractivity contribution in [2.75, 3.05) is 19.0 Å². The number of benzene rings is 2. The van der Waals surface area contributed by atoms with Gasteiger partial charge in [-0.2, -0.15) is 8.78 Å². The Morgan fingerprint density at radius 1 is 1.17 bits per heavy atom. The molecule has 0 saturated heterocycles. The summed E-state index contributed by atoms with van der Waals surface area (Å²) in [6, 6.07) is 10.8. The summed E-state index contributed by atoms with van der Waals surface area (Å²) in [4.78, 5) is 11.9. The maximum absolute atomic E-state index is 12.2. The molecule has 0 aromatic heterocycles. The first-order valence-corrected chi connectivity index (χ1v) is 7.17. The Morgan fingerprint density at radius 3 is 2.50 bits per heavy atom. The van der Waals surface area contributed by atoms with Gasteiger partial charge in [-0.25, -0.2) is 0 Å². The number of rotatable bonds is 7. The average molecular weight is 358 g/mol. The second-order valence-corrected chi connectivity index (χ2v) is 4.92. The van der Waals surface area contributed by atoms with Gasteiger partial charge in [0.2, 0.25) is 0 Å². The van der Waals surface area contributed by atoms with Gasteiger partial charge in [-0.15, -0.1) is 0 Å². The van der Waals surface area contributed by atoms with Crippen LogP contribution in [0, 0.1) is 0 Å². The van der Waals surface area contributed by atoms with E-state index in [1.54, 1.807) is 24.3 Å². The van der Waals surface area contributed by atoms with Crippen LogP contribution in [0.1, 0.15) is 0 Å². The predicted molar refractivity (Wildman–Crippen MR) is 85.2 cm³/mol. The Labute approximate surface area is 142 Å². The van der Waals surface area contributed by atoms with E-state index in [0.717, 1.165) is 0 Å². The number of amides is 1. The molecule has 2 aromatic carbocycles. The van der Waals surface area contributed by atoms with Gasteiger partial charge in [0.15, 0.2) is 18.1 Å². The summed E-state index contributed by atoms with van der Waals surface area (Å²) in [5, 5.41) is 2.50. The molecule has 128 valence electrons. The quantitative estimate of drug-likeness (QED) is 0.814. The third kappa shape index (κ3) is 4.99. The minimum Gasteiger partial charge on any atom is -0.493 e. The lowest BCUT2D eigenvalue weighted by Gasteiger charge is -2.11. The number of ether oxygens (including phenoxy) is 3. The Kier molecular flexibility index (Phi) is 6.20. The van der Waals surface area contributed by atoms with Crippen LogP contribution in [0.3, 0.4) is 0 Å². The molecule has 0 aliphatic heterocycles. The maximum Gasteiger partial charge on any atom is 0.387 e. The highest BCUT2D eigenvalue weighted by molar-refractivity contribution is 6.32. The van der Waals surface area contributed by atoms with E-state index in [-0.39, 0.29) is 17.4 Å². The molecule has 0 fully saturated rings. The van der Waals surface area contributed by atoms with Crippen LogP contribution in [0.15, 0.2) is 42.5 Å². The van der Waals surface area contributed by atoms with E-state index in [9.17, 15) is 13.6 Å². The lowest BCUT2D eigenvalue weighted by molar-refractivity contribution is -0.118. The van der Waals surface area contributed by atoms with E-state index >= 15 is 0 Å².